The molecule has 108 valence electrons. The molecule has 2 aromatic rings. The van der Waals surface area contributed by atoms with Crippen LogP contribution in [-0.2, 0) is 4.79 Å². The van der Waals surface area contributed by atoms with Gasteiger partial charge in [-0.15, -0.1) is 0 Å². The molecule has 6 heteroatoms. The molecule has 0 aliphatic heterocycles. The minimum Gasteiger partial charge on any atom is -0.479 e. The number of halogens is 1. The Kier molecular flexibility index (Phi) is 4.79. The van der Waals surface area contributed by atoms with Gasteiger partial charge in [0.1, 0.15) is 0 Å². The summed E-state index contributed by atoms with van der Waals surface area (Å²) in [6, 6.07) is 13.3. The van der Waals surface area contributed by atoms with Gasteiger partial charge in [0, 0.05) is 10.7 Å². The minimum absolute atomic E-state index is 0.477. The molecule has 0 heterocycles. The minimum atomic E-state index is -1.14. The van der Waals surface area contributed by atoms with Crippen molar-refractivity contribution in [3.05, 3.63) is 65.2 Å². The summed E-state index contributed by atoms with van der Waals surface area (Å²) in [6.07, 6.45) is 0. The molecule has 5 nitrogen and oxygen atoms in total. The van der Waals surface area contributed by atoms with Crippen LogP contribution >= 0.6 is 11.6 Å². The van der Waals surface area contributed by atoms with E-state index in [2.05, 4.69) is 10.6 Å². The zero-order chi connectivity index (χ0) is 15.2. The van der Waals surface area contributed by atoms with Gasteiger partial charge in [-0.05, 0) is 23.8 Å². The average Bonchev–Trinajstić information content (AvgIpc) is 2.45. The second-order valence-corrected chi connectivity index (χ2v) is 4.73. The molecule has 0 aliphatic rings. The van der Waals surface area contributed by atoms with Crippen molar-refractivity contribution in [2.24, 2.45) is 0 Å². The molecule has 0 saturated heterocycles. The molecular weight excluding hydrogens is 292 g/mol. The summed E-state index contributed by atoms with van der Waals surface area (Å²) in [5.74, 6) is -1.14. The van der Waals surface area contributed by atoms with E-state index in [0.29, 0.717) is 16.3 Å². The number of nitrogens with one attached hydrogen (secondary N) is 2. The normalized spacial score (nSPS) is 11.5. The van der Waals surface area contributed by atoms with Crippen molar-refractivity contribution in [2.75, 3.05) is 5.32 Å². The number of benzene rings is 2. The van der Waals surface area contributed by atoms with Crippen LogP contribution in [0.2, 0.25) is 5.02 Å². The fourth-order valence-corrected chi connectivity index (χ4v) is 1.99. The second-order valence-electron chi connectivity index (χ2n) is 4.29. The summed E-state index contributed by atoms with van der Waals surface area (Å²) in [5.41, 5.74) is 0.975. The van der Waals surface area contributed by atoms with Crippen LogP contribution in [0.1, 0.15) is 11.6 Å². The maximum Gasteiger partial charge on any atom is 0.330 e. The van der Waals surface area contributed by atoms with Crippen LogP contribution < -0.4 is 10.6 Å². The second kappa shape index (κ2) is 6.76. The fraction of sp³-hybridized carbons (Fsp3) is 0.0667. The van der Waals surface area contributed by atoms with Crippen molar-refractivity contribution in [3.63, 3.8) is 0 Å². The zero-order valence-electron chi connectivity index (χ0n) is 10.9. The molecule has 3 N–H and O–H groups in total. The number of urea groups is 1. The third kappa shape index (κ3) is 4.22. The van der Waals surface area contributed by atoms with Gasteiger partial charge in [0.25, 0.3) is 0 Å². The smallest absolute Gasteiger partial charge is 0.330 e. The van der Waals surface area contributed by atoms with Gasteiger partial charge >= 0.3 is 12.0 Å². The van der Waals surface area contributed by atoms with Crippen molar-refractivity contribution >= 4 is 29.3 Å². The van der Waals surface area contributed by atoms with Gasteiger partial charge in [0.15, 0.2) is 6.04 Å². The standard InChI is InChI=1S/C15H13ClN2O3/c16-11-7-4-8-12(9-11)17-15(21)18-13(14(19)20)10-5-2-1-3-6-10/h1-9,13H,(H,19,20)(H2,17,18,21). The van der Waals surface area contributed by atoms with Crippen LogP contribution in [0.25, 0.3) is 0 Å². The number of hydrogen-bond acceptors (Lipinski definition) is 2. The molecule has 0 aliphatic carbocycles. The number of rotatable bonds is 4. The van der Waals surface area contributed by atoms with Crippen molar-refractivity contribution in [1.82, 2.24) is 5.32 Å². The molecule has 0 radical (unpaired) electrons. The average molecular weight is 305 g/mol. The van der Waals surface area contributed by atoms with Crippen LogP contribution in [0.5, 0.6) is 0 Å². The first kappa shape index (κ1) is 14.9. The summed E-state index contributed by atoms with van der Waals surface area (Å²) in [5, 5.41) is 14.6. The highest BCUT2D eigenvalue weighted by molar-refractivity contribution is 6.30. The number of anilines is 1. The van der Waals surface area contributed by atoms with Gasteiger partial charge in [-0.2, -0.15) is 0 Å². The molecule has 1 unspecified atom stereocenters. The number of carbonyl (C=O) groups excluding carboxylic acids is 1. The summed E-state index contributed by atoms with van der Waals surface area (Å²) < 4.78 is 0. The van der Waals surface area contributed by atoms with E-state index in [1.165, 1.54) is 0 Å². The van der Waals surface area contributed by atoms with E-state index in [4.69, 9.17) is 11.6 Å². The summed E-state index contributed by atoms with van der Waals surface area (Å²) >= 11 is 5.81. The molecule has 0 spiro atoms. The number of amides is 2. The lowest BCUT2D eigenvalue weighted by atomic mass is 10.1. The Morgan fingerprint density at radius 1 is 1.05 bits per heavy atom. The molecule has 2 rings (SSSR count). The van der Waals surface area contributed by atoms with Crippen molar-refractivity contribution in [2.45, 2.75) is 6.04 Å². The summed E-state index contributed by atoms with van der Waals surface area (Å²) in [6.45, 7) is 0. The van der Waals surface area contributed by atoms with Crippen molar-refractivity contribution in [3.8, 4) is 0 Å². The van der Waals surface area contributed by atoms with Crippen LogP contribution in [0.4, 0.5) is 10.5 Å². The Morgan fingerprint density at radius 2 is 1.76 bits per heavy atom. The van der Waals surface area contributed by atoms with Gasteiger partial charge in [-0.25, -0.2) is 9.59 Å². The quantitative estimate of drug-likeness (QED) is 0.811. The van der Waals surface area contributed by atoms with E-state index in [1.54, 1.807) is 54.6 Å². The molecule has 0 saturated carbocycles. The van der Waals surface area contributed by atoms with E-state index < -0.39 is 18.0 Å². The van der Waals surface area contributed by atoms with E-state index in [-0.39, 0.29) is 0 Å². The van der Waals surface area contributed by atoms with E-state index in [1.807, 2.05) is 0 Å². The van der Waals surface area contributed by atoms with Crippen LogP contribution in [0.15, 0.2) is 54.6 Å². The number of aliphatic carboxylic acids is 1. The van der Waals surface area contributed by atoms with E-state index in [9.17, 15) is 14.7 Å². The first-order valence-corrected chi connectivity index (χ1v) is 6.55. The van der Waals surface area contributed by atoms with Gasteiger partial charge in [-0.3, -0.25) is 0 Å². The number of carbonyl (C=O) groups is 2. The Hall–Kier alpha value is -2.53. The third-order valence-corrected chi connectivity index (χ3v) is 2.97. The summed E-state index contributed by atoms with van der Waals surface area (Å²) in [4.78, 5) is 23.2. The molecule has 0 fully saturated rings. The predicted octanol–water partition coefficient (Wildman–Crippen LogP) is 3.29. The largest absolute Gasteiger partial charge is 0.479 e. The number of carboxylic acid groups (broad SMARTS) is 1. The van der Waals surface area contributed by atoms with Crippen molar-refractivity contribution in [1.29, 1.82) is 0 Å². The molecule has 0 aromatic heterocycles. The molecule has 21 heavy (non-hydrogen) atoms. The SMILES string of the molecule is O=C(Nc1cccc(Cl)c1)NC(C(=O)O)c1ccccc1. The Morgan fingerprint density at radius 3 is 2.38 bits per heavy atom. The lowest BCUT2D eigenvalue weighted by Crippen LogP contribution is -2.36. The maximum absolute atomic E-state index is 11.9. The van der Waals surface area contributed by atoms with Crippen LogP contribution in [0, 0.1) is 0 Å². The molecule has 2 aromatic carbocycles. The third-order valence-electron chi connectivity index (χ3n) is 2.74. The molecule has 1 atom stereocenters. The molecular formula is C15H13ClN2O3. The highest BCUT2D eigenvalue weighted by Gasteiger charge is 2.21. The zero-order valence-corrected chi connectivity index (χ0v) is 11.7. The number of hydrogen-bond donors (Lipinski definition) is 3. The number of carboxylic acids is 1. The van der Waals surface area contributed by atoms with E-state index in [0.717, 1.165) is 0 Å². The lowest BCUT2D eigenvalue weighted by molar-refractivity contribution is -0.139. The summed E-state index contributed by atoms with van der Waals surface area (Å²) in [7, 11) is 0. The van der Waals surface area contributed by atoms with Gasteiger partial charge in [0.05, 0.1) is 0 Å². The lowest BCUT2D eigenvalue weighted by Gasteiger charge is -2.15. The van der Waals surface area contributed by atoms with Crippen LogP contribution in [-0.4, -0.2) is 17.1 Å². The van der Waals surface area contributed by atoms with Gasteiger partial charge in [0.2, 0.25) is 0 Å². The Balaban J connectivity index is 2.07. The highest BCUT2D eigenvalue weighted by Crippen LogP contribution is 2.16. The van der Waals surface area contributed by atoms with Crippen LogP contribution in [0.3, 0.4) is 0 Å². The maximum atomic E-state index is 11.9. The predicted molar refractivity (Wildman–Crippen MR) is 80.4 cm³/mol. The monoisotopic (exact) mass is 304 g/mol. The first-order valence-electron chi connectivity index (χ1n) is 6.17. The fourth-order valence-electron chi connectivity index (χ4n) is 1.80. The van der Waals surface area contributed by atoms with Gasteiger partial charge < -0.3 is 15.7 Å². The Bertz CT molecular complexity index is 646. The Labute approximate surface area is 126 Å². The highest BCUT2D eigenvalue weighted by atomic mass is 35.5. The molecule has 2 amide bonds. The van der Waals surface area contributed by atoms with Crippen molar-refractivity contribution < 1.29 is 14.7 Å². The topological polar surface area (TPSA) is 78.4 Å². The van der Waals surface area contributed by atoms with Gasteiger partial charge in [-0.1, -0.05) is 48.0 Å². The van der Waals surface area contributed by atoms with E-state index >= 15 is 0 Å². The first-order chi connectivity index (χ1) is 10.1. The molecule has 0 bridgehead atoms.